The van der Waals surface area contributed by atoms with Crippen LogP contribution in [0.2, 0.25) is 0 Å². The Morgan fingerprint density at radius 3 is 2.78 bits per heavy atom. The van der Waals surface area contributed by atoms with Gasteiger partial charge in [-0.25, -0.2) is 14.6 Å². The number of hydrogen-bond acceptors (Lipinski definition) is 6. The Kier molecular flexibility index (Phi) is 4.35. The van der Waals surface area contributed by atoms with E-state index in [-0.39, 0.29) is 11.7 Å². The van der Waals surface area contributed by atoms with Crippen LogP contribution in [-0.2, 0) is 6.42 Å². The van der Waals surface area contributed by atoms with Gasteiger partial charge in [-0.15, -0.1) is 11.7 Å². The summed E-state index contributed by atoms with van der Waals surface area (Å²) in [6.07, 6.45) is 4.39. The van der Waals surface area contributed by atoms with Crippen molar-refractivity contribution >= 4 is 11.6 Å². The van der Waals surface area contributed by atoms with Crippen molar-refractivity contribution in [3.63, 3.8) is 0 Å². The molecule has 3 heterocycles. The second kappa shape index (κ2) is 6.83. The maximum atomic E-state index is 13.0. The van der Waals surface area contributed by atoms with Gasteiger partial charge in [0, 0.05) is 36.7 Å². The van der Waals surface area contributed by atoms with Crippen molar-refractivity contribution in [1.82, 2.24) is 19.7 Å². The largest absolute Gasteiger partial charge is 0.469 e. The van der Waals surface area contributed by atoms with Gasteiger partial charge in [0.2, 0.25) is 0 Å². The molecule has 0 radical (unpaired) electrons. The number of nitrogens with zero attached hydrogens (tertiary/aromatic N) is 4. The summed E-state index contributed by atoms with van der Waals surface area (Å²) < 4.78 is 7.24. The third-order valence-corrected chi connectivity index (χ3v) is 4.65. The van der Waals surface area contributed by atoms with Crippen LogP contribution in [0.4, 0.5) is 5.82 Å². The number of aryl methyl sites for hydroxylation is 2. The van der Waals surface area contributed by atoms with Gasteiger partial charge in [0.05, 0.1) is 17.5 Å². The number of rotatable bonds is 5. The predicted octanol–water partition coefficient (Wildman–Crippen LogP) is 3.38. The number of fused-ring (bicyclic) bond motifs is 1. The number of ketones is 1. The van der Waals surface area contributed by atoms with Crippen molar-refractivity contribution in [2.45, 2.75) is 32.6 Å². The fraction of sp³-hybridized carbons (Fsp3) is 0.300. The van der Waals surface area contributed by atoms with E-state index < -0.39 is 0 Å². The molecule has 1 aliphatic carbocycles. The molecule has 0 bridgehead atoms. The quantitative estimate of drug-likeness (QED) is 0.700. The van der Waals surface area contributed by atoms with Crippen molar-refractivity contribution < 1.29 is 9.21 Å². The van der Waals surface area contributed by atoms with Gasteiger partial charge in [0.15, 0.2) is 11.6 Å². The summed E-state index contributed by atoms with van der Waals surface area (Å²) in [4.78, 5) is 22.0. The highest BCUT2D eigenvalue weighted by molar-refractivity contribution is 6.03. The zero-order valence-electron chi connectivity index (χ0n) is 15.4. The summed E-state index contributed by atoms with van der Waals surface area (Å²) in [5, 5.41) is 7.80. The molecule has 3 aromatic rings. The minimum atomic E-state index is -0.0198. The number of carbonyl (C=O) groups is 1. The lowest BCUT2D eigenvalue weighted by Gasteiger charge is -2.20. The number of aromatic nitrogens is 4. The van der Waals surface area contributed by atoms with Crippen LogP contribution in [-0.4, -0.2) is 32.1 Å². The molecule has 7 nitrogen and oxygen atoms in total. The highest BCUT2D eigenvalue weighted by atomic mass is 16.3. The number of nitrogens with one attached hydrogen (secondary N) is 1. The molecule has 0 aliphatic heterocycles. The van der Waals surface area contributed by atoms with Gasteiger partial charge >= 0.3 is 0 Å². The van der Waals surface area contributed by atoms with E-state index in [1.807, 2.05) is 32.0 Å². The second-order valence-electron chi connectivity index (χ2n) is 6.75. The maximum absolute atomic E-state index is 13.0. The van der Waals surface area contributed by atoms with Crippen LogP contribution in [0, 0.1) is 13.8 Å². The van der Waals surface area contributed by atoms with Gasteiger partial charge in [-0.2, -0.15) is 0 Å². The zero-order chi connectivity index (χ0) is 19.0. The van der Waals surface area contributed by atoms with E-state index in [1.54, 1.807) is 17.0 Å². The summed E-state index contributed by atoms with van der Waals surface area (Å²) in [6, 6.07) is 5.66. The fourth-order valence-electron chi connectivity index (χ4n) is 3.55. The summed E-state index contributed by atoms with van der Waals surface area (Å²) in [7, 11) is 0. The van der Waals surface area contributed by atoms with Crippen molar-refractivity contribution in [1.29, 1.82) is 0 Å². The average molecular weight is 363 g/mol. The van der Waals surface area contributed by atoms with Crippen molar-refractivity contribution in [3.8, 4) is 5.95 Å². The lowest BCUT2D eigenvalue weighted by atomic mass is 9.85. The Hall–Kier alpha value is -3.22. The Morgan fingerprint density at radius 2 is 2.11 bits per heavy atom. The Balaban J connectivity index is 1.84. The summed E-state index contributed by atoms with van der Waals surface area (Å²) in [5.41, 5.74) is 3.13. The highest BCUT2D eigenvalue weighted by Crippen LogP contribution is 2.36. The first-order valence-electron chi connectivity index (χ1n) is 8.92. The van der Waals surface area contributed by atoms with Crippen LogP contribution in [0.1, 0.15) is 45.5 Å². The first kappa shape index (κ1) is 17.2. The van der Waals surface area contributed by atoms with Gasteiger partial charge in [-0.05, 0) is 32.0 Å². The Morgan fingerprint density at radius 1 is 1.33 bits per heavy atom. The molecule has 1 atom stereocenters. The lowest BCUT2D eigenvalue weighted by Crippen LogP contribution is -2.21. The van der Waals surface area contributed by atoms with Gasteiger partial charge in [0.25, 0.3) is 5.95 Å². The number of hydrogen-bond donors (Lipinski definition) is 1. The number of carbonyl (C=O) groups excluding carboxylic acids is 1. The number of Topliss-reactive ketones (excluding diaryl/α,β-unsaturated/α-hetero) is 1. The van der Waals surface area contributed by atoms with E-state index in [0.717, 1.165) is 22.8 Å². The van der Waals surface area contributed by atoms with E-state index in [4.69, 9.17) is 4.42 Å². The first-order valence-corrected chi connectivity index (χ1v) is 8.92. The molecule has 0 unspecified atom stereocenters. The minimum Gasteiger partial charge on any atom is -0.469 e. The zero-order valence-corrected chi connectivity index (χ0v) is 15.4. The van der Waals surface area contributed by atoms with Gasteiger partial charge in [-0.1, -0.05) is 6.08 Å². The van der Waals surface area contributed by atoms with E-state index in [9.17, 15) is 4.79 Å². The Labute approximate surface area is 157 Å². The highest BCUT2D eigenvalue weighted by Gasteiger charge is 2.35. The SMILES string of the molecule is C=CCNc1nn(-c2nc(C)cc(C)n2)c2c1C(=O)C[C@H](c1ccco1)C2. The topological polar surface area (TPSA) is 85.8 Å². The molecule has 138 valence electrons. The second-order valence-corrected chi connectivity index (χ2v) is 6.75. The van der Waals surface area contributed by atoms with Crippen LogP contribution in [0.5, 0.6) is 0 Å². The number of anilines is 1. The van der Waals surface area contributed by atoms with Crippen LogP contribution in [0.25, 0.3) is 5.95 Å². The third-order valence-electron chi connectivity index (χ3n) is 4.65. The molecular formula is C20H21N5O2. The standard InChI is InChI=1S/C20H21N5O2/c1-4-7-21-19-18-15(10-14(11-16(18)26)17-6-5-8-27-17)25(24-19)20-22-12(2)9-13(3)23-20/h4-6,8-9,14H,1,7,10-11H2,2-3H3,(H,21,24)/t14-/m1/s1. The number of furan rings is 1. The van der Waals surface area contributed by atoms with Gasteiger partial charge in [0.1, 0.15) is 5.76 Å². The molecule has 0 fully saturated rings. The summed E-state index contributed by atoms with van der Waals surface area (Å²) in [5.74, 6) is 1.86. The Bertz CT molecular complexity index is 984. The molecule has 1 N–H and O–H groups in total. The molecule has 0 amide bonds. The normalized spacial score (nSPS) is 16.2. The van der Waals surface area contributed by atoms with E-state index in [1.165, 1.54) is 0 Å². The molecule has 3 aromatic heterocycles. The van der Waals surface area contributed by atoms with E-state index in [2.05, 4.69) is 27.0 Å². The fourth-order valence-corrected chi connectivity index (χ4v) is 3.55. The molecular weight excluding hydrogens is 342 g/mol. The monoisotopic (exact) mass is 363 g/mol. The van der Waals surface area contributed by atoms with Crippen molar-refractivity contribution in [2.24, 2.45) is 0 Å². The van der Waals surface area contributed by atoms with Crippen LogP contribution in [0.3, 0.4) is 0 Å². The van der Waals surface area contributed by atoms with Gasteiger partial charge in [-0.3, -0.25) is 4.79 Å². The molecule has 0 saturated carbocycles. The van der Waals surface area contributed by atoms with E-state index >= 15 is 0 Å². The third kappa shape index (κ3) is 3.16. The maximum Gasteiger partial charge on any atom is 0.251 e. The molecule has 27 heavy (non-hydrogen) atoms. The molecule has 0 saturated heterocycles. The van der Waals surface area contributed by atoms with E-state index in [0.29, 0.717) is 36.7 Å². The van der Waals surface area contributed by atoms with Crippen LogP contribution in [0.15, 0.2) is 41.5 Å². The average Bonchev–Trinajstić information content (AvgIpc) is 3.27. The summed E-state index contributed by atoms with van der Waals surface area (Å²) >= 11 is 0. The summed E-state index contributed by atoms with van der Waals surface area (Å²) in [6.45, 7) is 8.08. The van der Waals surface area contributed by atoms with Gasteiger partial charge < -0.3 is 9.73 Å². The van der Waals surface area contributed by atoms with Crippen LogP contribution >= 0.6 is 0 Å². The molecule has 0 aromatic carbocycles. The smallest absolute Gasteiger partial charge is 0.251 e. The molecule has 1 aliphatic rings. The molecule has 7 heteroatoms. The van der Waals surface area contributed by atoms with Crippen molar-refractivity contribution in [2.75, 3.05) is 11.9 Å². The lowest BCUT2D eigenvalue weighted by molar-refractivity contribution is 0.0960. The first-order chi connectivity index (χ1) is 13.1. The molecule has 0 spiro atoms. The minimum absolute atomic E-state index is 0.0198. The predicted molar refractivity (Wildman–Crippen MR) is 101 cm³/mol. The molecule has 4 rings (SSSR count). The van der Waals surface area contributed by atoms with Crippen molar-refractivity contribution in [3.05, 3.63) is 65.5 Å². The van der Waals surface area contributed by atoms with Crippen LogP contribution < -0.4 is 5.32 Å².